The average Bonchev–Trinajstić information content (AvgIpc) is 3.02. The summed E-state index contributed by atoms with van der Waals surface area (Å²) in [6.07, 6.45) is 8.89. The Bertz CT molecular complexity index is 1210. The van der Waals surface area contributed by atoms with Crippen LogP contribution in [0.3, 0.4) is 0 Å². The first-order chi connectivity index (χ1) is 17.1. The number of fused-ring (bicyclic) bond motifs is 2. The second kappa shape index (κ2) is 10.2. The van der Waals surface area contributed by atoms with Crippen molar-refractivity contribution in [2.24, 2.45) is 7.05 Å². The third-order valence-electron chi connectivity index (χ3n) is 7.71. The van der Waals surface area contributed by atoms with Gasteiger partial charge in [0.05, 0.1) is 18.6 Å². The number of nitrogens with one attached hydrogen (secondary N) is 1. The third kappa shape index (κ3) is 4.47. The van der Waals surface area contributed by atoms with E-state index in [1.165, 1.54) is 12.8 Å². The van der Waals surface area contributed by atoms with Crippen LogP contribution < -0.4 is 5.32 Å². The maximum Gasteiger partial charge on any atom is 0.254 e. The molecule has 5 rings (SSSR count). The number of benzene rings is 2. The van der Waals surface area contributed by atoms with Crippen LogP contribution in [0.4, 0.5) is 0 Å². The van der Waals surface area contributed by atoms with Crippen LogP contribution in [-0.4, -0.2) is 47.6 Å². The molecule has 0 saturated heterocycles. The van der Waals surface area contributed by atoms with Gasteiger partial charge in [0.15, 0.2) is 0 Å². The quantitative estimate of drug-likeness (QED) is 0.516. The van der Waals surface area contributed by atoms with Crippen molar-refractivity contribution in [2.75, 3.05) is 20.3 Å². The molecule has 2 heterocycles. The second-order valence-electron chi connectivity index (χ2n) is 9.91. The number of nitrogens with zero attached hydrogens (tertiary/aromatic N) is 2. The van der Waals surface area contributed by atoms with E-state index >= 15 is 0 Å². The summed E-state index contributed by atoms with van der Waals surface area (Å²) >= 11 is 0. The van der Waals surface area contributed by atoms with Crippen LogP contribution >= 0.6 is 0 Å². The zero-order valence-corrected chi connectivity index (χ0v) is 20.7. The van der Waals surface area contributed by atoms with Crippen LogP contribution in [0.25, 0.3) is 10.9 Å². The summed E-state index contributed by atoms with van der Waals surface area (Å²) in [5.74, 6) is -0.527. The minimum atomic E-state index is -0.491. The van der Waals surface area contributed by atoms with Crippen LogP contribution in [0.1, 0.15) is 72.0 Å². The normalized spacial score (nSPS) is 21.1. The van der Waals surface area contributed by atoms with Crippen molar-refractivity contribution in [1.29, 1.82) is 0 Å². The molecule has 6 nitrogen and oxygen atoms in total. The topological polar surface area (TPSA) is 63.6 Å². The van der Waals surface area contributed by atoms with Gasteiger partial charge in [-0.3, -0.25) is 9.59 Å². The van der Waals surface area contributed by atoms with Crippen molar-refractivity contribution in [3.63, 3.8) is 0 Å². The average molecular weight is 474 g/mol. The molecular weight excluding hydrogens is 438 g/mol. The van der Waals surface area contributed by atoms with E-state index in [1.54, 1.807) is 7.11 Å². The number of hydrogen-bond donors (Lipinski definition) is 1. The van der Waals surface area contributed by atoms with Crippen molar-refractivity contribution in [2.45, 2.75) is 56.5 Å². The van der Waals surface area contributed by atoms with E-state index in [4.69, 9.17) is 4.74 Å². The highest BCUT2D eigenvalue weighted by atomic mass is 16.5. The van der Waals surface area contributed by atoms with Crippen LogP contribution in [-0.2, 0) is 16.6 Å². The molecule has 2 aromatic carbocycles. The van der Waals surface area contributed by atoms with Gasteiger partial charge in [0.2, 0.25) is 5.91 Å². The van der Waals surface area contributed by atoms with Gasteiger partial charge in [0.1, 0.15) is 0 Å². The van der Waals surface area contributed by atoms with E-state index in [2.05, 4.69) is 28.2 Å². The zero-order chi connectivity index (χ0) is 24.4. The number of methoxy groups -OCH3 is 1. The molecule has 2 amide bonds. The summed E-state index contributed by atoms with van der Waals surface area (Å²) in [5, 5.41) is 4.47. The van der Waals surface area contributed by atoms with Gasteiger partial charge >= 0.3 is 0 Å². The van der Waals surface area contributed by atoms with Gasteiger partial charge < -0.3 is 19.5 Å². The van der Waals surface area contributed by atoms with Crippen LogP contribution in [0, 0.1) is 0 Å². The number of ether oxygens (including phenoxy) is 1. The molecule has 2 aliphatic rings. The fraction of sp³-hybridized carbons (Fsp3) is 0.448. The molecular formula is C29H35N3O3. The molecule has 2 unspecified atom stereocenters. The molecule has 6 heteroatoms. The summed E-state index contributed by atoms with van der Waals surface area (Å²) in [6, 6.07) is 15.6. The Morgan fingerprint density at radius 3 is 2.49 bits per heavy atom. The number of rotatable bonds is 6. The van der Waals surface area contributed by atoms with Gasteiger partial charge in [-0.05, 0) is 30.5 Å². The highest BCUT2D eigenvalue weighted by molar-refractivity contribution is 6.02. The molecule has 1 aliphatic heterocycles. The standard InChI is InChI=1S/C29H35N3O3/c1-31-19-24(21-13-9-10-16-25(21)31)27-26(28(33)30-20-11-5-3-4-6-12-20)22-14-7-8-15-23(22)29(34)32(27)17-18-35-2/h7-10,13-16,19-20,26-27H,3-6,11-12,17-18H2,1-2H3,(H,30,33). The van der Waals surface area contributed by atoms with Crippen LogP contribution in [0.2, 0.25) is 0 Å². The van der Waals surface area contributed by atoms with E-state index in [0.29, 0.717) is 18.7 Å². The number of para-hydroxylation sites is 1. The van der Waals surface area contributed by atoms with E-state index in [1.807, 2.05) is 48.3 Å². The molecule has 1 aliphatic carbocycles. The number of carbonyl (C=O) groups excluding carboxylic acids is 2. The first-order valence-corrected chi connectivity index (χ1v) is 12.8. The van der Waals surface area contributed by atoms with Gasteiger partial charge in [-0.1, -0.05) is 62.1 Å². The lowest BCUT2D eigenvalue weighted by Crippen LogP contribution is -2.49. The number of hydrogen-bond acceptors (Lipinski definition) is 3. The molecule has 1 fully saturated rings. The SMILES string of the molecule is COCCN1C(=O)c2ccccc2C(C(=O)NC2CCCCCC2)C1c1cn(C)c2ccccc12. The fourth-order valence-electron chi connectivity index (χ4n) is 5.98. The van der Waals surface area contributed by atoms with E-state index < -0.39 is 12.0 Å². The zero-order valence-electron chi connectivity index (χ0n) is 20.7. The molecule has 1 aromatic heterocycles. The Hall–Kier alpha value is -3.12. The maximum atomic E-state index is 14.1. The number of aryl methyl sites for hydroxylation is 1. The van der Waals surface area contributed by atoms with Gasteiger partial charge in [-0.2, -0.15) is 0 Å². The Labute approximate surface area is 207 Å². The van der Waals surface area contributed by atoms with Crippen molar-refractivity contribution in [1.82, 2.24) is 14.8 Å². The lowest BCUT2D eigenvalue weighted by Gasteiger charge is -2.42. The summed E-state index contributed by atoms with van der Waals surface area (Å²) in [5.41, 5.74) is 3.52. The number of aromatic nitrogens is 1. The molecule has 184 valence electrons. The summed E-state index contributed by atoms with van der Waals surface area (Å²) in [7, 11) is 3.66. The van der Waals surface area contributed by atoms with Gasteiger partial charge in [-0.25, -0.2) is 0 Å². The molecule has 2 atom stereocenters. The molecule has 35 heavy (non-hydrogen) atoms. The number of carbonyl (C=O) groups is 2. The Balaban J connectivity index is 1.64. The van der Waals surface area contributed by atoms with Gasteiger partial charge in [0.25, 0.3) is 5.91 Å². The van der Waals surface area contributed by atoms with E-state index in [9.17, 15) is 9.59 Å². The van der Waals surface area contributed by atoms with Gasteiger partial charge in [0, 0.05) is 55.0 Å². The first-order valence-electron chi connectivity index (χ1n) is 12.8. The summed E-state index contributed by atoms with van der Waals surface area (Å²) in [4.78, 5) is 29.7. The Morgan fingerprint density at radius 1 is 1.00 bits per heavy atom. The lowest BCUT2D eigenvalue weighted by molar-refractivity contribution is -0.125. The number of amides is 2. The van der Waals surface area contributed by atoms with Crippen molar-refractivity contribution in [3.05, 3.63) is 71.4 Å². The minimum absolute atomic E-state index is 0.0113. The fourth-order valence-corrected chi connectivity index (χ4v) is 5.98. The molecule has 0 radical (unpaired) electrons. The van der Waals surface area contributed by atoms with Crippen LogP contribution in [0.5, 0.6) is 0 Å². The summed E-state index contributed by atoms with van der Waals surface area (Å²) in [6.45, 7) is 0.830. The van der Waals surface area contributed by atoms with Crippen LogP contribution in [0.15, 0.2) is 54.7 Å². The maximum absolute atomic E-state index is 14.1. The monoisotopic (exact) mass is 473 g/mol. The summed E-state index contributed by atoms with van der Waals surface area (Å²) < 4.78 is 7.48. The smallest absolute Gasteiger partial charge is 0.254 e. The molecule has 1 N–H and O–H groups in total. The predicted octanol–water partition coefficient (Wildman–Crippen LogP) is 4.94. The van der Waals surface area contributed by atoms with Crippen molar-refractivity contribution < 1.29 is 14.3 Å². The highest BCUT2D eigenvalue weighted by Crippen LogP contribution is 2.45. The van der Waals surface area contributed by atoms with Crippen molar-refractivity contribution >= 4 is 22.7 Å². The first kappa shape index (κ1) is 23.6. The largest absolute Gasteiger partial charge is 0.383 e. The Morgan fingerprint density at radius 2 is 1.71 bits per heavy atom. The minimum Gasteiger partial charge on any atom is -0.383 e. The predicted molar refractivity (Wildman–Crippen MR) is 137 cm³/mol. The Kier molecular flexibility index (Phi) is 6.91. The lowest BCUT2D eigenvalue weighted by atomic mass is 9.79. The molecule has 3 aromatic rings. The van der Waals surface area contributed by atoms with E-state index in [0.717, 1.165) is 47.7 Å². The third-order valence-corrected chi connectivity index (χ3v) is 7.71. The van der Waals surface area contributed by atoms with Crippen molar-refractivity contribution in [3.8, 4) is 0 Å². The highest BCUT2D eigenvalue weighted by Gasteiger charge is 2.45. The van der Waals surface area contributed by atoms with Gasteiger partial charge in [-0.15, -0.1) is 0 Å². The molecule has 0 spiro atoms. The second-order valence-corrected chi connectivity index (χ2v) is 9.91. The van der Waals surface area contributed by atoms with E-state index in [-0.39, 0.29) is 17.9 Å². The molecule has 0 bridgehead atoms. The molecule has 1 saturated carbocycles.